The molecule has 27 heavy (non-hydrogen) atoms. The Morgan fingerprint density at radius 3 is 2.70 bits per heavy atom. The summed E-state index contributed by atoms with van der Waals surface area (Å²) in [6.45, 7) is 0.316. The largest absolute Gasteiger partial charge is 0.465 e. The lowest BCUT2D eigenvalue weighted by Gasteiger charge is -2.02. The van der Waals surface area contributed by atoms with Gasteiger partial charge in [-0.15, -0.1) is 10.2 Å². The van der Waals surface area contributed by atoms with Crippen molar-refractivity contribution in [3.05, 3.63) is 74.4 Å². The van der Waals surface area contributed by atoms with Crippen LogP contribution in [0.5, 0.6) is 0 Å². The molecule has 0 saturated carbocycles. The Morgan fingerprint density at radius 1 is 1.22 bits per heavy atom. The molecule has 2 heterocycles. The molecule has 140 valence electrons. The second kappa shape index (κ2) is 8.49. The Bertz CT molecular complexity index is 1040. The molecule has 0 aliphatic rings. The molecule has 0 atom stereocenters. The van der Waals surface area contributed by atoms with Crippen LogP contribution in [0, 0.1) is 0 Å². The lowest BCUT2D eigenvalue weighted by molar-refractivity contribution is 0.0600. The molecule has 1 aromatic carbocycles. The van der Waals surface area contributed by atoms with Gasteiger partial charge in [0.25, 0.3) is 10.8 Å². The van der Waals surface area contributed by atoms with Gasteiger partial charge in [0.1, 0.15) is 0 Å². The number of thioether (sulfide) groups is 1. The first-order valence-electron chi connectivity index (χ1n) is 7.97. The molecule has 2 aromatic heterocycles. The normalized spacial score (nSPS) is 10.7. The minimum absolute atomic E-state index is 0.316. The topological polar surface area (TPSA) is 120 Å². The highest BCUT2D eigenvalue weighted by atomic mass is 32.2. The van der Waals surface area contributed by atoms with Crippen molar-refractivity contribution >= 4 is 17.7 Å². The zero-order valence-electron chi connectivity index (χ0n) is 14.4. The van der Waals surface area contributed by atoms with E-state index in [9.17, 15) is 14.4 Å². The fourth-order valence-corrected chi connectivity index (χ4v) is 2.97. The number of nitrogens with one attached hydrogen (secondary N) is 1. The van der Waals surface area contributed by atoms with Gasteiger partial charge >= 0.3 is 11.7 Å². The van der Waals surface area contributed by atoms with Crippen LogP contribution < -0.4 is 11.2 Å². The minimum Gasteiger partial charge on any atom is -0.465 e. The summed E-state index contributed by atoms with van der Waals surface area (Å²) in [6.07, 6.45) is 1.79. The molecule has 10 heteroatoms. The van der Waals surface area contributed by atoms with Crippen molar-refractivity contribution in [2.45, 2.75) is 23.9 Å². The van der Waals surface area contributed by atoms with Gasteiger partial charge in [0.2, 0.25) is 5.89 Å². The highest BCUT2D eigenvalue weighted by Crippen LogP contribution is 2.22. The van der Waals surface area contributed by atoms with Crippen LogP contribution in [0.25, 0.3) is 0 Å². The Balaban J connectivity index is 1.54. The summed E-state index contributed by atoms with van der Waals surface area (Å²) in [7, 11) is 1.34. The summed E-state index contributed by atoms with van der Waals surface area (Å²) in [5.74, 6) is 0.622. The first kappa shape index (κ1) is 18.6. The molecule has 0 spiro atoms. The van der Waals surface area contributed by atoms with Gasteiger partial charge in [0.05, 0.1) is 12.7 Å². The monoisotopic (exact) mass is 388 g/mol. The zero-order valence-corrected chi connectivity index (χ0v) is 15.2. The van der Waals surface area contributed by atoms with Crippen LogP contribution in [0.4, 0.5) is 0 Å². The summed E-state index contributed by atoms with van der Waals surface area (Å²) in [5.41, 5.74) is 0.565. The number of rotatable bonds is 7. The molecule has 3 rings (SSSR count). The van der Waals surface area contributed by atoms with E-state index in [0.29, 0.717) is 35.4 Å². The number of hydrogen-bond donors (Lipinski definition) is 1. The molecule has 0 bridgehead atoms. The summed E-state index contributed by atoms with van der Waals surface area (Å²) in [5, 5.41) is 8.33. The molecule has 0 aliphatic carbocycles. The Kier molecular flexibility index (Phi) is 5.87. The van der Waals surface area contributed by atoms with Crippen LogP contribution in [-0.4, -0.2) is 32.8 Å². The average Bonchev–Trinajstić information content (AvgIpc) is 3.13. The standard InChI is InChI=1S/C17H16N4O5S/c1-25-15(23)12-4-2-11(3-5-12)10-27-17-20-19-14(26-17)7-9-21-8-6-13(22)18-16(21)24/h2-6,8H,7,9-10H2,1H3,(H,18,22,24). The van der Waals surface area contributed by atoms with E-state index in [2.05, 4.69) is 19.9 Å². The first-order chi connectivity index (χ1) is 13.0. The van der Waals surface area contributed by atoms with E-state index in [1.54, 1.807) is 12.1 Å². The second-order valence-corrected chi connectivity index (χ2v) is 6.42. The quantitative estimate of drug-likeness (QED) is 0.474. The fourth-order valence-electron chi connectivity index (χ4n) is 2.23. The number of nitrogens with zero attached hydrogens (tertiary/aromatic N) is 3. The number of carbonyl (C=O) groups excluding carboxylic acids is 1. The highest BCUT2D eigenvalue weighted by molar-refractivity contribution is 7.98. The van der Waals surface area contributed by atoms with Crippen LogP contribution in [0.2, 0.25) is 0 Å². The number of aromatic amines is 1. The number of esters is 1. The van der Waals surface area contributed by atoms with Gasteiger partial charge in [0.15, 0.2) is 0 Å². The number of H-pyrrole nitrogens is 1. The van der Waals surface area contributed by atoms with Gasteiger partial charge in [-0.05, 0) is 17.7 Å². The number of ether oxygens (including phenoxy) is 1. The van der Waals surface area contributed by atoms with Crippen molar-refractivity contribution < 1.29 is 13.9 Å². The van der Waals surface area contributed by atoms with Crippen molar-refractivity contribution in [1.82, 2.24) is 19.7 Å². The molecule has 0 aliphatic heterocycles. The molecule has 0 radical (unpaired) electrons. The fraction of sp³-hybridized carbons (Fsp3) is 0.235. The molecular formula is C17H16N4O5S. The Morgan fingerprint density at radius 2 is 2.00 bits per heavy atom. The second-order valence-electron chi connectivity index (χ2n) is 5.49. The predicted molar refractivity (Wildman–Crippen MR) is 96.7 cm³/mol. The Hall–Kier alpha value is -3.14. The molecule has 0 saturated heterocycles. The van der Waals surface area contributed by atoms with Gasteiger partial charge in [-0.25, -0.2) is 9.59 Å². The van der Waals surface area contributed by atoms with Crippen LogP contribution in [0.1, 0.15) is 21.8 Å². The third kappa shape index (κ3) is 4.94. The third-order valence-corrected chi connectivity index (χ3v) is 4.54. The molecule has 0 amide bonds. The van der Waals surface area contributed by atoms with Gasteiger partial charge in [-0.2, -0.15) is 0 Å². The number of carbonyl (C=O) groups is 1. The smallest absolute Gasteiger partial charge is 0.337 e. The van der Waals surface area contributed by atoms with Crippen LogP contribution in [-0.2, 0) is 23.5 Å². The summed E-state index contributed by atoms with van der Waals surface area (Å²) in [4.78, 5) is 36.3. The van der Waals surface area contributed by atoms with Gasteiger partial charge in [-0.1, -0.05) is 23.9 Å². The average molecular weight is 388 g/mol. The molecule has 9 nitrogen and oxygen atoms in total. The van der Waals surface area contributed by atoms with E-state index in [0.717, 1.165) is 5.56 Å². The number of methoxy groups -OCH3 is 1. The molecule has 3 aromatic rings. The number of benzene rings is 1. The van der Waals surface area contributed by atoms with Crippen LogP contribution in [0.15, 0.2) is 55.8 Å². The molecule has 0 unspecified atom stereocenters. The molecule has 0 fully saturated rings. The SMILES string of the molecule is COC(=O)c1ccc(CSc2nnc(CCn3ccc(=O)[nH]c3=O)o2)cc1. The van der Waals surface area contributed by atoms with E-state index >= 15 is 0 Å². The third-order valence-electron chi connectivity index (χ3n) is 3.65. The lowest BCUT2D eigenvalue weighted by atomic mass is 10.1. The number of aryl methyl sites for hydroxylation is 2. The van der Waals surface area contributed by atoms with Crippen molar-refractivity contribution in [2.75, 3.05) is 7.11 Å². The van der Waals surface area contributed by atoms with Gasteiger partial charge in [-0.3, -0.25) is 9.78 Å². The van der Waals surface area contributed by atoms with Crippen molar-refractivity contribution in [2.24, 2.45) is 0 Å². The summed E-state index contributed by atoms with van der Waals surface area (Å²) < 4.78 is 11.6. The highest BCUT2D eigenvalue weighted by Gasteiger charge is 2.09. The molecular weight excluding hydrogens is 372 g/mol. The van der Waals surface area contributed by atoms with Gasteiger partial charge in [0, 0.05) is 31.0 Å². The minimum atomic E-state index is -0.480. The van der Waals surface area contributed by atoms with Crippen LogP contribution >= 0.6 is 11.8 Å². The van der Waals surface area contributed by atoms with Crippen molar-refractivity contribution in [1.29, 1.82) is 0 Å². The van der Waals surface area contributed by atoms with Crippen LogP contribution in [0.3, 0.4) is 0 Å². The van der Waals surface area contributed by atoms with E-state index < -0.39 is 11.2 Å². The zero-order chi connectivity index (χ0) is 19.2. The predicted octanol–water partition coefficient (Wildman–Crippen LogP) is 1.24. The van der Waals surface area contributed by atoms with Crippen molar-refractivity contribution in [3.8, 4) is 0 Å². The number of hydrogen-bond acceptors (Lipinski definition) is 8. The summed E-state index contributed by atoms with van der Waals surface area (Å²) >= 11 is 1.37. The maximum absolute atomic E-state index is 11.6. The van der Waals surface area contributed by atoms with Crippen molar-refractivity contribution in [3.63, 3.8) is 0 Å². The maximum atomic E-state index is 11.6. The van der Waals surface area contributed by atoms with E-state index in [4.69, 9.17) is 4.42 Å². The van der Waals surface area contributed by atoms with E-state index in [1.165, 1.54) is 35.7 Å². The first-order valence-corrected chi connectivity index (χ1v) is 8.96. The Labute approximate surface area is 157 Å². The maximum Gasteiger partial charge on any atom is 0.337 e. The summed E-state index contributed by atoms with van der Waals surface area (Å²) in [6, 6.07) is 8.34. The lowest BCUT2D eigenvalue weighted by Crippen LogP contribution is -2.29. The number of aromatic nitrogens is 4. The van der Waals surface area contributed by atoms with E-state index in [1.807, 2.05) is 12.1 Å². The molecule has 1 N–H and O–H groups in total. The van der Waals surface area contributed by atoms with Gasteiger partial charge < -0.3 is 13.7 Å². The van der Waals surface area contributed by atoms with E-state index in [-0.39, 0.29) is 5.97 Å².